The molecule has 1 aromatic carbocycles. The molecule has 11 nitrogen and oxygen atoms in total. The summed E-state index contributed by atoms with van der Waals surface area (Å²) in [4.78, 5) is 51.0. The number of nitrogens with zero attached hydrogens (tertiary/aromatic N) is 4. The number of imidazole rings is 1. The molecule has 0 saturated carbocycles. The van der Waals surface area contributed by atoms with Crippen LogP contribution in [0.15, 0.2) is 33.9 Å². The van der Waals surface area contributed by atoms with Crippen LogP contribution >= 0.6 is 7.60 Å². The van der Waals surface area contributed by atoms with E-state index in [1.807, 2.05) is 30.3 Å². The molecule has 170 valence electrons. The maximum absolute atomic E-state index is 12.8. The van der Waals surface area contributed by atoms with Gasteiger partial charge in [0.05, 0.1) is 13.2 Å². The predicted octanol–water partition coefficient (Wildman–Crippen LogP) is 1.16. The summed E-state index contributed by atoms with van der Waals surface area (Å²) in [6.07, 6.45) is 1.30. The van der Waals surface area contributed by atoms with E-state index in [4.69, 9.17) is 19.8 Å². The van der Waals surface area contributed by atoms with Gasteiger partial charge in [0.2, 0.25) is 0 Å². The van der Waals surface area contributed by atoms with Gasteiger partial charge in [0, 0.05) is 19.1 Å². The first-order valence-corrected chi connectivity index (χ1v) is 11.8. The number of unbranched alkanes of at least 4 members (excludes halogenated alkanes) is 1. The number of fused-ring (bicyclic) bond motifs is 1. The summed E-state index contributed by atoms with van der Waals surface area (Å²) in [5, 5.41) is 9.01. The number of hydrogen-bond acceptors (Lipinski definition) is 6. The van der Waals surface area contributed by atoms with Gasteiger partial charge in [-0.3, -0.25) is 13.9 Å². The molecule has 32 heavy (non-hydrogen) atoms. The van der Waals surface area contributed by atoms with Gasteiger partial charge in [-0.15, -0.1) is 0 Å². The second kappa shape index (κ2) is 9.96. The first kappa shape index (κ1) is 23.5. The summed E-state index contributed by atoms with van der Waals surface area (Å²) < 4.78 is 18.4. The zero-order valence-electron chi connectivity index (χ0n) is 17.5. The molecule has 12 heteroatoms. The van der Waals surface area contributed by atoms with Gasteiger partial charge in [-0.2, -0.15) is 5.26 Å². The van der Waals surface area contributed by atoms with Crippen molar-refractivity contribution in [2.75, 3.05) is 13.3 Å². The van der Waals surface area contributed by atoms with Crippen LogP contribution in [0.5, 0.6) is 5.75 Å². The lowest BCUT2D eigenvalue weighted by Gasteiger charge is -2.09. The lowest BCUT2D eigenvalue weighted by Crippen LogP contribution is -2.40. The van der Waals surface area contributed by atoms with Crippen molar-refractivity contribution < 1.29 is 19.1 Å². The Bertz CT molecular complexity index is 1310. The number of nitrogens with one attached hydrogen (secondary N) is 1. The minimum atomic E-state index is -4.13. The number of aromatic nitrogens is 4. The Morgan fingerprint density at radius 1 is 1.22 bits per heavy atom. The van der Waals surface area contributed by atoms with Gasteiger partial charge in [0.15, 0.2) is 5.65 Å². The molecule has 0 atom stereocenters. The smallest absolute Gasteiger partial charge is 0.333 e. The molecule has 0 bridgehead atoms. The number of benzene rings is 1. The second-order valence-corrected chi connectivity index (χ2v) is 9.09. The second-order valence-electron chi connectivity index (χ2n) is 7.31. The Morgan fingerprint density at radius 2 is 2.00 bits per heavy atom. The number of aryl methyl sites for hydroxylation is 3. The van der Waals surface area contributed by atoms with Crippen molar-refractivity contribution in [2.45, 2.75) is 38.8 Å². The van der Waals surface area contributed by atoms with Gasteiger partial charge in [0.1, 0.15) is 23.6 Å². The molecule has 3 rings (SSSR count). The third-order valence-electron chi connectivity index (χ3n) is 5.00. The fourth-order valence-corrected chi connectivity index (χ4v) is 4.06. The summed E-state index contributed by atoms with van der Waals surface area (Å²) in [6, 6.07) is 9.38. The average molecular weight is 461 g/mol. The van der Waals surface area contributed by atoms with Crippen molar-refractivity contribution in [3.05, 3.63) is 56.5 Å². The van der Waals surface area contributed by atoms with Crippen LogP contribution in [0.4, 0.5) is 0 Å². The third kappa shape index (κ3) is 5.53. The molecule has 0 aliphatic carbocycles. The minimum Gasteiger partial charge on any atom is -0.497 e. The zero-order chi connectivity index (χ0) is 23.3. The molecule has 3 N–H and O–H groups in total. The van der Waals surface area contributed by atoms with Crippen LogP contribution in [0, 0.1) is 11.3 Å². The molecule has 0 unspecified atom stereocenters. The summed E-state index contributed by atoms with van der Waals surface area (Å²) in [6.45, 7) is -0.296. The molecule has 0 aliphatic rings. The van der Waals surface area contributed by atoms with E-state index >= 15 is 0 Å². The minimum absolute atomic E-state index is 0.112. The maximum Gasteiger partial charge on any atom is 0.333 e. The molecule has 2 aromatic heterocycles. The van der Waals surface area contributed by atoms with Crippen LogP contribution in [0.1, 0.15) is 24.2 Å². The van der Waals surface area contributed by atoms with Gasteiger partial charge in [-0.25, -0.2) is 14.3 Å². The van der Waals surface area contributed by atoms with E-state index in [2.05, 4.69) is 9.97 Å². The molecule has 0 spiro atoms. The Labute approximate surface area is 183 Å². The molecule has 0 radical (unpaired) electrons. The number of H-pyrrole nitrogens is 1. The number of hydrogen-bond donors (Lipinski definition) is 3. The van der Waals surface area contributed by atoms with Crippen LogP contribution in [0.3, 0.4) is 0 Å². The van der Waals surface area contributed by atoms with Gasteiger partial charge in [-0.05, 0) is 37.0 Å². The fourth-order valence-electron chi connectivity index (χ4n) is 3.42. The van der Waals surface area contributed by atoms with Crippen LogP contribution in [0.25, 0.3) is 11.2 Å². The highest BCUT2D eigenvalue weighted by atomic mass is 31.2. The third-order valence-corrected chi connectivity index (χ3v) is 5.90. The van der Waals surface area contributed by atoms with Crippen LogP contribution in [0.2, 0.25) is 0 Å². The van der Waals surface area contributed by atoms with E-state index in [0.29, 0.717) is 25.1 Å². The topological polar surface area (TPSA) is 163 Å². The highest BCUT2D eigenvalue weighted by Crippen LogP contribution is 2.35. The SMILES string of the molecule is COc1cccc(CCc2nc3c([nH]2)c(=O)n(CC#N)c(=O)n3CCCCP(=O)(O)O)c1. The van der Waals surface area contributed by atoms with Crippen LogP contribution in [-0.4, -0.2) is 42.2 Å². The predicted molar refractivity (Wildman–Crippen MR) is 117 cm³/mol. The van der Waals surface area contributed by atoms with Crippen LogP contribution < -0.4 is 16.0 Å². The fraction of sp³-hybridized carbons (Fsp3) is 0.400. The highest BCUT2D eigenvalue weighted by Gasteiger charge is 2.18. The number of rotatable bonds is 10. The average Bonchev–Trinajstić information content (AvgIpc) is 3.18. The van der Waals surface area contributed by atoms with Crippen molar-refractivity contribution in [3.8, 4) is 11.8 Å². The van der Waals surface area contributed by atoms with E-state index in [9.17, 15) is 14.2 Å². The normalized spacial score (nSPS) is 11.6. The monoisotopic (exact) mass is 461 g/mol. The Morgan fingerprint density at radius 3 is 2.69 bits per heavy atom. The molecular weight excluding hydrogens is 437 g/mol. The molecule has 3 aromatic rings. The highest BCUT2D eigenvalue weighted by molar-refractivity contribution is 7.51. The van der Waals surface area contributed by atoms with Crippen molar-refractivity contribution >= 4 is 18.8 Å². The Hall–Kier alpha value is -3.19. The lowest BCUT2D eigenvalue weighted by atomic mass is 10.1. The molecule has 2 heterocycles. The Kier molecular flexibility index (Phi) is 7.30. The summed E-state index contributed by atoms with van der Waals surface area (Å²) >= 11 is 0. The van der Waals surface area contributed by atoms with E-state index < -0.39 is 25.4 Å². The molecule has 0 amide bonds. The van der Waals surface area contributed by atoms with Gasteiger partial charge in [0.25, 0.3) is 5.56 Å². The van der Waals surface area contributed by atoms with E-state index in [1.54, 1.807) is 7.11 Å². The standard InChI is InChI=1S/C20H24N5O6P/c1-31-15-6-4-5-14(13-15)7-8-16-22-17-18(23-16)24(10-2-3-12-32(28,29)30)20(27)25(11-9-21)19(17)26/h4-6,13H,2-3,7-8,10-12H2,1H3,(H,22,23)(H2,28,29,30). The lowest BCUT2D eigenvalue weighted by molar-refractivity contribution is 0.370. The number of nitriles is 1. The van der Waals surface area contributed by atoms with Crippen molar-refractivity contribution in [3.63, 3.8) is 0 Å². The first-order valence-electron chi connectivity index (χ1n) is 10.00. The first-order chi connectivity index (χ1) is 15.2. The molecule has 0 aliphatic heterocycles. The van der Waals surface area contributed by atoms with Crippen LogP contribution in [-0.2, 0) is 30.5 Å². The van der Waals surface area contributed by atoms with Gasteiger partial charge in [-0.1, -0.05) is 12.1 Å². The van der Waals surface area contributed by atoms with E-state index in [0.717, 1.165) is 15.9 Å². The number of ether oxygens (including phenoxy) is 1. The molecule has 0 saturated heterocycles. The molecular formula is C20H24N5O6P. The van der Waals surface area contributed by atoms with Gasteiger partial charge < -0.3 is 19.5 Å². The largest absolute Gasteiger partial charge is 0.497 e. The van der Waals surface area contributed by atoms with E-state index in [-0.39, 0.29) is 30.3 Å². The van der Waals surface area contributed by atoms with Crippen molar-refractivity contribution in [1.29, 1.82) is 5.26 Å². The van der Waals surface area contributed by atoms with Crippen molar-refractivity contribution in [1.82, 2.24) is 19.1 Å². The number of methoxy groups -OCH3 is 1. The molecule has 0 fully saturated rings. The zero-order valence-corrected chi connectivity index (χ0v) is 18.4. The summed E-state index contributed by atoms with van der Waals surface area (Å²) in [7, 11) is -2.54. The number of aromatic amines is 1. The van der Waals surface area contributed by atoms with Gasteiger partial charge >= 0.3 is 13.3 Å². The maximum atomic E-state index is 12.8. The Balaban J connectivity index is 1.91. The van der Waals surface area contributed by atoms with Crippen molar-refractivity contribution in [2.24, 2.45) is 0 Å². The van der Waals surface area contributed by atoms with E-state index in [1.165, 1.54) is 4.57 Å². The quantitative estimate of drug-likeness (QED) is 0.299. The summed E-state index contributed by atoms with van der Waals surface area (Å²) in [5.41, 5.74) is 0.00670. The summed E-state index contributed by atoms with van der Waals surface area (Å²) in [5.74, 6) is 1.24.